The van der Waals surface area contributed by atoms with Gasteiger partial charge in [0.25, 0.3) is 0 Å². The van der Waals surface area contributed by atoms with Crippen LogP contribution in [0.4, 0.5) is 0 Å². The molecule has 3 atom stereocenters. The third kappa shape index (κ3) is 3.56. The van der Waals surface area contributed by atoms with E-state index in [1.54, 1.807) is 6.33 Å². The van der Waals surface area contributed by atoms with Crippen LogP contribution in [0, 0.1) is 17.8 Å². The third-order valence-corrected chi connectivity index (χ3v) is 4.73. The molecule has 1 aromatic rings. The van der Waals surface area contributed by atoms with Gasteiger partial charge in [-0.25, -0.2) is 4.98 Å². The lowest BCUT2D eigenvalue weighted by molar-refractivity contribution is 0.170. The number of hydrogen-bond acceptors (Lipinski definition) is 3. The van der Waals surface area contributed by atoms with Gasteiger partial charge in [0, 0.05) is 13.0 Å². The van der Waals surface area contributed by atoms with E-state index in [9.17, 15) is 0 Å². The van der Waals surface area contributed by atoms with E-state index >= 15 is 0 Å². The molecule has 1 aromatic heterocycles. The van der Waals surface area contributed by atoms with Crippen LogP contribution in [0.25, 0.3) is 0 Å². The molecule has 2 rings (SSSR count). The lowest BCUT2D eigenvalue weighted by Crippen LogP contribution is -2.33. The van der Waals surface area contributed by atoms with Crippen LogP contribution in [0.1, 0.15) is 45.4 Å². The molecule has 19 heavy (non-hydrogen) atoms. The Bertz CT molecular complexity index is 374. The van der Waals surface area contributed by atoms with Crippen LogP contribution in [0.15, 0.2) is 6.33 Å². The second-order valence-electron chi connectivity index (χ2n) is 5.86. The SMILES string of the molecule is CCC1CCC(CNC)C(Cc2ncnn2CC)C1. The van der Waals surface area contributed by atoms with Crippen molar-refractivity contribution in [2.24, 2.45) is 17.8 Å². The number of hydrogen-bond donors (Lipinski definition) is 1. The maximum atomic E-state index is 4.46. The molecule has 1 saturated carbocycles. The fourth-order valence-corrected chi connectivity index (χ4v) is 3.52. The van der Waals surface area contributed by atoms with Crippen LogP contribution in [0.2, 0.25) is 0 Å². The Morgan fingerprint density at radius 3 is 2.84 bits per heavy atom. The number of rotatable bonds is 6. The number of aromatic nitrogens is 3. The lowest BCUT2D eigenvalue weighted by Gasteiger charge is -2.35. The minimum absolute atomic E-state index is 0.764. The van der Waals surface area contributed by atoms with E-state index in [2.05, 4.69) is 36.3 Å². The first-order valence-corrected chi connectivity index (χ1v) is 7.79. The van der Waals surface area contributed by atoms with Crippen LogP contribution < -0.4 is 5.32 Å². The van der Waals surface area contributed by atoms with E-state index in [1.807, 2.05) is 4.68 Å². The van der Waals surface area contributed by atoms with Crippen molar-refractivity contribution in [3.63, 3.8) is 0 Å². The zero-order valence-corrected chi connectivity index (χ0v) is 12.6. The predicted octanol–water partition coefficient (Wildman–Crippen LogP) is 2.50. The Labute approximate surface area is 117 Å². The molecular formula is C15H28N4. The van der Waals surface area contributed by atoms with E-state index in [0.717, 1.165) is 37.3 Å². The Morgan fingerprint density at radius 2 is 2.16 bits per heavy atom. The van der Waals surface area contributed by atoms with E-state index in [4.69, 9.17) is 0 Å². The summed E-state index contributed by atoms with van der Waals surface area (Å²) < 4.78 is 2.05. The van der Waals surface area contributed by atoms with Gasteiger partial charge in [-0.2, -0.15) is 5.10 Å². The van der Waals surface area contributed by atoms with Crippen molar-refractivity contribution in [2.75, 3.05) is 13.6 Å². The molecule has 1 fully saturated rings. The molecule has 0 aromatic carbocycles. The molecule has 0 radical (unpaired) electrons. The van der Waals surface area contributed by atoms with Gasteiger partial charge in [-0.3, -0.25) is 4.68 Å². The van der Waals surface area contributed by atoms with Gasteiger partial charge in [-0.15, -0.1) is 0 Å². The van der Waals surface area contributed by atoms with Gasteiger partial charge in [-0.05, 0) is 51.1 Å². The molecule has 0 spiro atoms. The fraction of sp³-hybridized carbons (Fsp3) is 0.867. The molecule has 0 saturated heterocycles. The first-order valence-electron chi connectivity index (χ1n) is 7.79. The van der Waals surface area contributed by atoms with Gasteiger partial charge >= 0.3 is 0 Å². The van der Waals surface area contributed by atoms with E-state index in [0.29, 0.717) is 0 Å². The molecular weight excluding hydrogens is 236 g/mol. The molecule has 4 heteroatoms. The summed E-state index contributed by atoms with van der Waals surface area (Å²) in [5.74, 6) is 3.65. The minimum Gasteiger partial charge on any atom is -0.319 e. The van der Waals surface area contributed by atoms with Crippen LogP contribution in [0.3, 0.4) is 0 Å². The molecule has 3 unspecified atom stereocenters. The lowest BCUT2D eigenvalue weighted by atomic mass is 9.71. The smallest absolute Gasteiger partial charge is 0.138 e. The monoisotopic (exact) mass is 264 g/mol. The average molecular weight is 264 g/mol. The number of nitrogens with zero attached hydrogens (tertiary/aromatic N) is 3. The Morgan fingerprint density at radius 1 is 1.32 bits per heavy atom. The summed E-state index contributed by atoms with van der Waals surface area (Å²) in [6.45, 7) is 6.53. The summed E-state index contributed by atoms with van der Waals surface area (Å²) in [5, 5.41) is 7.67. The van der Waals surface area contributed by atoms with Crippen LogP contribution >= 0.6 is 0 Å². The summed E-state index contributed by atoms with van der Waals surface area (Å²) in [6, 6.07) is 0. The predicted molar refractivity (Wildman–Crippen MR) is 77.9 cm³/mol. The van der Waals surface area contributed by atoms with Gasteiger partial charge in [0.2, 0.25) is 0 Å². The summed E-state index contributed by atoms with van der Waals surface area (Å²) >= 11 is 0. The van der Waals surface area contributed by atoms with Crippen LogP contribution in [0.5, 0.6) is 0 Å². The first kappa shape index (κ1) is 14.5. The van der Waals surface area contributed by atoms with Crippen LogP contribution in [-0.2, 0) is 13.0 Å². The van der Waals surface area contributed by atoms with Crippen molar-refractivity contribution in [3.8, 4) is 0 Å². The summed E-state index contributed by atoms with van der Waals surface area (Å²) in [4.78, 5) is 4.46. The van der Waals surface area contributed by atoms with Crippen LogP contribution in [-0.4, -0.2) is 28.4 Å². The van der Waals surface area contributed by atoms with Crippen molar-refractivity contribution in [1.82, 2.24) is 20.1 Å². The molecule has 0 amide bonds. The van der Waals surface area contributed by atoms with Crippen molar-refractivity contribution in [3.05, 3.63) is 12.2 Å². The highest BCUT2D eigenvalue weighted by Crippen LogP contribution is 2.36. The Kier molecular flexibility index (Phi) is 5.37. The largest absolute Gasteiger partial charge is 0.319 e. The summed E-state index contributed by atoms with van der Waals surface area (Å²) in [6.07, 6.45) is 8.25. The quantitative estimate of drug-likeness (QED) is 0.858. The summed E-state index contributed by atoms with van der Waals surface area (Å²) in [5.41, 5.74) is 0. The number of nitrogens with one attached hydrogen (secondary N) is 1. The van der Waals surface area contributed by atoms with E-state index in [1.165, 1.54) is 31.5 Å². The second kappa shape index (κ2) is 7.04. The normalized spacial score (nSPS) is 27.6. The molecule has 1 aliphatic carbocycles. The van der Waals surface area contributed by atoms with Gasteiger partial charge in [0.1, 0.15) is 12.2 Å². The fourth-order valence-electron chi connectivity index (χ4n) is 3.52. The van der Waals surface area contributed by atoms with Crippen molar-refractivity contribution in [2.45, 2.75) is 52.5 Å². The van der Waals surface area contributed by atoms with Crippen molar-refractivity contribution < 1.29 is 0 Å². The first-order chi connectivity index (χ1) is 9.28. The molecule has 1 aliphatic rings. The molecule has 1 N–H and O–H groups in total. The standard InChI is InChI=1S/C15H28N4/c1-4-12-6-7-13(10-16-3)14(8-12)9-15-17-11-18-19(15)5-2/h11-14,16H,4-10H2,1-3H3. The molecule has 0 bridgehead atoms. The molecule has 0 aliphatic heterocycles. The summed E-state index contributed by atoms with van der Waals surface area (Å²) in [7, 11) is 2.07. The topological polar surface area (TPSA) is 42.7 Å². The maximum Gasteiger partial charge on any atom is 0.138 e. The minimum atomic E-state index is 0.764. The zero-order valence-electron chi connectivity index (χ0n) is 12.6. The van der Waals surface area contributed by atoms with Crippen molar-refractivity contribution in [1.29, 1.82) is 0 Å². The average Bonchev–Trinajstić information content (AvgIpc) is 2.88. The van der Waals surface area contributed by atoms with Gasteiger partial charge in [-0.1, -0.05) is 19.8 Å². The highest BCUT2D eigenvalue weighted by atomic mass is 15.3. The van der Waals surface area contributed by atoms with Gasteiger partial charge in [0.15, 0.2) is 0 Å². The van der Waals surface area contributed by atoms with E-state index < -0.39 is 0 Å². The second-order valence-corrected chi connectivity index (χ2v) is 5.86. The molecule has 4 nitrogen and oxygen atoms in total. The highest BCUT2D eigenvalue weighted by molar-refractivity contribution is 4.92. The third-order valence-electron chi connectivity index (χ3n) is 4.73. The molecule has 108 valence electrons. The maximum absolute atomic E-state index is 4.46. The molecule has 1 heterocycles. The van der Waals surface area contributed by atoms with Crippen molar-refractivity contribution >= 4 is 0 Å². The van der Waals surface area contributed by atoms with Gasteiger partial charge < -0.3 is 5.32 Å². The zero-order chi connectivity index (χ0) is 13.7. The Hall–Kier alpha value is -0.900. The highest BCUT2D eigenvalue weighted by Gasteiger charge is 2.30. The number of aryl methyl sites for hydroxylation is 1. The van der Waals surface area contributed by atoms with Gasteiger partial charge in [0.05, 0.1) is 0 Å². The van der Waals surface area contributed by atoms with E-state index in [-0.39, 0.29) is 0 Å². The Balaban J connectivity index is 2.04.